The highest BCUT2D eigenvalue weighted by Crippen LogP contribution is 2.23. The maximum Gasteiger partial charge on any atom is 0.410 e. The van der Waals surface area contributed by atoms with Crippen molar-refractivity contribution in [3.8, 4) is 0 Å². The van der Waals surface area contributed by atoms with Crippen LogP contribution in [0.5, 0.6) is 0 Å². The molecule has 0 N–H and O–H groups in total. The largest absolute Gasteiger partial charge is 0.447 e. The van der Waals surface area contributed by atoms with Crippen molar-refractivity contribution >= 4 is 6.09 Å². The summed E-state index contributed by atoms with van der Waals surface area (Å²) in [5, 5.41) is 0. The van der Waals surface area contributed by atoms with E-state index in [2.05, 4.69) is 13.8 Å². The number of nitrogens with zero attached hydrogens (tertiary/aromatic N) is 1. The third kappa shape index (κ3) is 3.40. The molecule has 0 radical (unpaired) electrons. The van der Waals surface area contributed by atoms with Gasteiger partial charge in [0, 0.05) is 12.6 Å². The molecule has 0 aromatic rings. The lowest BCUT2D eigenvalue weighted by Crippen LogP contribution is -2.47. The summed E-state index contributed by atoms with van der Waals surface area (Å²) in [4.78, 5) is 13.7. The lowest BCUT2D eigenvalue weighted by atomic mass is 9.93. The molecule has 1 saturated heterocycles. The standard InChI is InChI=1S/C12H23NO2/c1-9(2)11-7-5-6-8-13(11)12(14)15-10(3)4/h9-11H,5-8H2,1-4H3. The zero-order chi connectivity index (χ0) is 11.4. The Morgan fingerprint density at radius 3 is 2.47 bits per heavy atom. The van der Waals surface area contributed by atoms with Crippen molar-refractivity contribution in [2.45, 2.75) is 59.1 Å². The Labute approximate surface area is 92.8 Å². The van der Waals surface area contributed by atoms with Crippen molar-refractivity contribution in [3.05, 3.63) is 0 Å². The minimum Gasteiger partial charge on any atom is -0.447 e. The number of carbonyl (C=O) groups excluding carboxylic acids is 1. The zero-order valence-electron chi connectivity index (χ0n) is 10.3. The molecule has 1 aliphatic heterocycles. The average Bonchev–Trinajstić information content (AvgIpc) is 2.16. The van der Waals surface area contributed by atoms with Gasteiger partial charge in [-0.1, -0.05) is 13.8 Å². The first kappa shape index (κ1) is 12.3. The fraction of sp³-hybridized carbons (Fsp3) is 0.917. The number of amides is 1. The van der Waals surface area contributed by atoms with Crippen LogP contribution in [0.3, 0.4) is 0 Å². The van der Waals surface area contributed by atoms with Crippen LogP contribution in [0.1, 0.15) is 47.0 Å². The summed E-state index contributed by atoms with van der Waals surface area (Å²) in [6.07, 6.45) is 3.30. The molecular formula is C12H23NO2. The number of hydrogen-bond acceptors (Lipinski definition) is 2. The SMILES string of the molecule is CC(C)OC(=O)N1CCCCC1C(C)C. The van der Waals surface area contributed by atoms with Crippen LogP contribution in [-0.4, -0.2) is 29.7 Å². The van der Waals surface area contributed by atoms with Gasteiger partial charge in [0.05, 0.1) is 6.10 Å². The predicted molar refractivity (Wildman–Crippen MR) is 60.8 cm³/mol. The molecule has 88 valence electrons. The maximum absolute atomic E-state index is 11.8. The number of piperidine rings is 1. The number of rotatable bonds is 2. The topological polar surface area (TPSA) is 29.5 Å². The van der Waals surface area contributed by atoms with E-state index >= 15 is 0 Å². The van der Waals surface area contributed by atoms with Crippen LogP contribution in [-0.2, 0) is 4.74 Å². The molecule has 0 aromatic heterocycles. The normalized spacial score (nSPS) is 22.3. The van der Waals surface area contributed by atoms with Gasteiger partial charge in [0.25, 0.3) is 0 Å². The second-order valence-electron chi connectivity index (χ2n) is 4.93. The Morgan fingerprint density at radius 2 is 1.93 bits per heavy atom. The van der Waals surface area contributed by atoms with Crippen LogP contribution < -0.4 is 0 Å². The molecular weight excluding hydrogens is 190 g/mol. The van der Waals surface area contributed by atoms with Gasteiger partial charge in [0.1, 0.15) is 0 Å². The fourth-order valence-corrected chi connectivity index (χ4v) is 2.15. The number of ether oxygens (including phenoxy) is 1. The van der Waals surface area contributed by atoms with E-state index in [1.54, 1.807) is 0 Å². The first-order valence-electron chi connectivity index (χ1n) is 5.99. The molecule has 0 saturated carbocycles. The second-order valence-corrected chi connectivity index (χ2v) is 4.93. The van der Waals surface area contributed by atoms with Crippen molar-refractivity contribution in [2.24, 2.45) is 5.92 Å². The summed E-state index contributed by atoms with van der Waals surface area (Å²) < 4.78 is 5.26. The van der Waals surface area contributed by atoms with E-state index in [1.807, 2.05) is 18.7 Å². The highest BCUT2D eigenvalue weighted by atomic mass is 16.6. The van der Waals surface area contributed by atoms with Crippen molar-refractivity contribution in [1.29, 1.82) is 0 Å². The zero-order valence-corrected chi connectivity index (χ0v) is 10.3. The van der Waals surface area contributed by atoms with Crippen LogP contribution in [0.2, 0.25) is 0 Å². The van der Waals surface area contributed by atoms with E-state index < -0.39 is 0 Å². The van der Waals surface area contributed by atoms with Crippen LogP contribution in [0.15, 0.2) is 0 Å². The first-order chi connectivity index (χ1) is 7.02. The Balaban J connectivity index is 2.59. The van der Waals surface area contributed by atoms with E-state index in [9.17, 15) is 4.79 Å². The molecule has 0 bridgehead atoms. The van der Waals surface area contributed by atoms with Gasteiger partial charge in [-0.15, -0.1) is 0 Å². The summed E-state index contributed by atoms with van der Waals surface area (Å²) in [7, 11) is 0. The molecule has 3 heteroatoms. The van der Waals surface area contributed by atoms with Crippen molar-refractivity contribution < 1.29 is 9.53 Å². The molecule has 1 aliphatic rings. The molecule has 1 unspecified atom stereocenters. The van der Waals surface area contributed by atoms with Gasteiger partial charge in [-0.2, -0.15) is 0 Å². The van der Waals surface area contributed by atoms with Crippen molar-refractivity contribution in [1.82, 2.24) is 4.90 Å². The summed E-state index contributed by atoms with van der Waals surface area (Å²) in [5.41, 5.74) is 0. The smallest absolute Gasteiger partial charge is 0.410 e. The molecule has 0 aromatic carbocycles. The highest BCUT2D eigenvalue weighted by molar-refractivity contribution is 5.68. The summed E-state index contributed by atoms with van der Waals surface area (Å²) >= 11 is 0. The highest BCUT2D eigenvalue weighted by Gasteiger charge is 2.30. The molecule has 0 spiro atoms. The number of likely N-dealkylation sites (tertiary alicyclic amines) is 1. The molecule has 1 amide bonds. The number of carbonyl (C=O) groups is 1. The molecule has 15 heavy (non-hydrogen) atoms. The molecule has 1 heterocycles. The van der Waals surface area contributed by atoms with Crippen LogP contribution >= 0.6 is 0 Å². The Kier molecular flexibility index (Phi) is 4.43. The lowest BCUT2D eigenvalue weighted by Gasteiger charge is -2.37. The summed E-state index contributed by atoms with van der Waals surface area (Å²) in [5.74, 6) is 0.519. The monoisotopic (exact) mass is 213 g/mol. The van der Waals surface area contributed by atoms with Gasteiger partial charge in [0.2, 0.25) is 0 Å². The van der Waals surface area contributed by atoms with Gasteiger partial charge in [-0.3, -0.25) is 0 Å². The fourth-order valence-electron chi connectivity index (χ4n) is 2.15. The molecule has 1 rings (SSSR count). The molecule has 1 atom stereocenters. The van der Waals surface area contributed by atoms with E-state index in [-0.39, 0.29) is 12.2 Å². The quantitative estimate of drug-likeness (QED) is 0.705. The Hall–Kier alpha value is -0.730. The van der Waals surface area contributed by atoms with E-state index in [4.69, 9.17) is 4.74 Å². The second kappa shape index (κ2) is 5.38. The third-order valence-electron chi connectivity index (χ3n) is 2.89. The minimum absolute atomic E-state index is 0.0211. The van der Waals surface area contributed by atoms with Crippen LogP contribution in [0, 0.1) is 5.92 Å². The van der Waals surface area contributed by atoms with Gasteiger partial charge in [0.15, 0.2) is 0 Å². The Morgan fingerprint density at radius 1 is 1.27 bits per heavy atom. The van der Waals surface area contributed by atoms with Crippen LogP contribution in [0.4, 0.5) is 4.79 Å². The maximum atomic E-state index is 11.8. The van der Waals surface area contributed by atoms with Crippen molar-refractivity contribution in [3.63, 3.8) is 0 Å². The lowest BCUT2D eigenvalue weighted by molar-refractivity contribution is 0.0428. The van der Waals surface area contributed by atoms with Crippen molar-refractivity contribution in [2.75, 3.05) is 6.54 Å². The van der Waals surface area contributed by atoms with Gasteiger partial charge < -0.3 is 9.64 Å². The molecule has 1 fully saturated rings. The van der Waals surface area contributed by atoms with E-state index in [0.29, 0.717) is 12.0 Å². The summed E-state index contributed by atoms with van der Waals surface area (Å²) in [6, 6.07) is 0.366. The van der Waals surface area contributed by atoms with E-state index in [0.717, 1.165) is 19.4 Å². The Bertz CT molecular complexity index is 214. The van der Waals surface area contributed by atoms with Gasteiger partial charge in [-0.25, -0.2) is 4.79 Å². The minimum atomic E-state index is -0.136. The third-order valence-corrected chi connectivity index (χ3v) is 2.89. The molecule has 0 aliphatic carbocycles. The van der Waals surface area contributed by atoms with E-state index in [1.165, 1.54) is 6.42 Å². The first-order valence-corrected chi connectivity index (χ1v) is 5.99. The number of hydrogen-bond donors (Lipinski definition) is 0. The van der Waals surface area contributed by atoms with Crippen LogP contribution in [0.25, 0.3) is 0 Å². The summed E-state index contributed by atoms with van der Waals surface area (Å²) in [6.45, 7) is 8.99. The van der Waals surface area contributed by atoms with Gasteiger partial charge >= 0.3 is 6.09 Å². The molecule has 3 nitrogen and oxygen atoms in total. The predicted octanol–water partition coefficient (Wildman–Crippen LogP) is 3.04. The van der Waals surface area contributed by atoms with Gasteiger partial charge in [-0.05, 0) is 39.0 Å². The average molecular weight is 213 g/mol.